The lowest BCUT2D eigenvalue weighted by molar-refractivity contribution is 0.0724. The van der Waals surface area contributed by atoms with Crippen LogP contribution in [-0.2, 0) is 0 Å². The van der Waals surface area contributed by atoms with Gasteiger partial charge in [-0.25, -0.2) is 4.98 Å². The van der Waals surface area contributed by atoms with Crippen molar-refractivity contribution in [1.29, 1.82) is 0 Å². The largest absolute Gasteiger partial charge is 0.395 e. The van der Waals surface area contributed by atoms with Gasteiger partial charge >= 0.3 is 0 Å². The van der Waals surface area contributed by atoms with Gasteiger partial charge in [0.2, 0.25) is 0 Å². The highest BCUT2D eigenvalue weighted by Crippen LogP contribution is 2.21. The van der Waals surface area contributed by atoms with E-state index in [1.807, 2.05) is 37.4 Å². The van der Waals surface area contributed by atoms with Gasteiger partial charge < -0.3 is 10.0 Å². The molecule has 108 valence electrons. The van der Waals surface area contributed by atoms with E-state index in [1.165, 1.54) is 0 Å². The normalized spacial score (nSPS) is 11.1. The zero-order chi connectivity index (χ0) is 14.9. The molecule has 2 heterocycles. The van der Waals surface area contributed by atoms with Crippen molar-refractivity contribution in [3.05, 3.63) is 33.7 Å². The minimum absolute atomic E-state index is 0.0436. The van der Waals surface area contributed by atoms with E-state index in [2.05, 4.69) is 20.9 Å². The van der Waals surface area contributed by atoms with Crippen molar-refractivity contribution >= 4 is 27.5 Å². The van der Waals surface area contributed by atoms with Gasteiger partial charge in [-0.2, -0.15) is 0 Å². The van der Waals surface area contributed by atoms with Gasteiger partial charge in [0.1, 0.15) is 11.3 Å². The Morgan fingerprint density at radius 3 is 2.80 bits per heavy atom. The molecule has 20 heavy (non-hydrogen) atoms. The van der Waals surface area contributed by atoms with Crippen LogP contribution >= 0.6 is 15.9 Å². The molecule has 0 saturated carbocycles. The zero-order valence-corrected chi connectivity index (χ0v) is 13.4. The highest BCUT2D eigenvalue weighted by Gasteiger charge is 2.22. The van der Waals surface area contributed by atoms with Crippen molar-refractivity contribution in [2.45, 2.75) is 20.8 Å². The Morgan fingerprint density at radius 1 is 1.50 bits per heavy atom. The fourth-order valence-electron chi connectivity index (χ4n) is 2.31. The van der Waals surface area contributed by atoms with Crippen LogP contribution in [0.5, 0.6) is 0 Å². The van der Waals surface area contributed by atoms with Crippen LogP contribution in [0.15, 0.2) is 16.7 Å². The second-order valence-corrected chi connectivity index (χ2v) is 5.60. The second-order valence-electron chi connectivity index (χ2n) is 4.69. The number of amides is 1. The number of carbonyl (C=O) groups is 1. The van der Waals surface area contributed by atoms with Crippen LogP contribution in [0, 0.1) is 13.8 Å². The molecule has 0 bridgehead atoms. The van der Waals surface area contributed by atoms with E-state index in [0.717, 1.165) is 15.7 Å². The molecule has 0 aromatic carbocycles. The highest BCUT2D eigenvalue weighted by molar-refractivity contribution is 9.10. The molecular weight excluding hydrogens is 322 g/mol. The predicted molar refractivity (Wildman–Crippen MR) is 81.0 cm³/mol. The number of hydrogen-bond acceptors (Lipinski definition) is 3. The number of hydrogen-bond donors (Lipinski definition) is 1. The number of pyridine rings is 1. The molecule has 0 atom stereocenters. The predicted octanol–water partition coefficient (Wildman–Crippen LogP) is 2.17. The summed E-state index contributed by atoms with van der Waals surface area (Å²) in [6, 6.07) is 1.97. The lowest BCUT2D eigenvalue weighted by atomic mass is 10.3. The average molecular weight is 340 g/mol. The molecule has 0 radical (unpaired) electrons. The third-order valence-corrected chi connectivity index (χ3v) is 3.72. The molecule has 2 rings (SSSR count). The van der Waals surface area contributed by atoms with Gasteiger partial charge in [0.15, 0.2) is 0 Å². The third-order valence-electron chi connectivity index (χ3n) is 3.29. The van der Waals surface area contributed by atoms with Gasteiger partial charge in [-0.3, -0.25) is 9.20 Å². The van der Waals surface area contributed by atoms with E-state index in [-0.39, 0.29) is 12.5 Å². The molecule has 0 aliphatic rings. The number of nitrogens with zero attached hydrogens (tertiary/aromatic N) is 3. The summed E-state index contributed by atoms with van der Waals surface area (Å²) in [6.45, 7) is 6.53. The van der Waals surface area contributed by atoms with Crippen LogP contribution in [0.3, 0.4) is 0 Å². The number of fused-ring (bicyclic) bond motifs is 1. The number of imidazole rings is 1. The second kappa shape index (κ2) is 5.93. The van der Waals surface area contributed by atoms with Crippen molar-refractivity contribution < 1.29 is 9.90 Å². The molecule has 0 unspecified atom stereocenters. The van der Waals surface area contributed by atoms with E-state index >= 15 is 0 Å². The first-order valence-corrected chi connectivity index (χ1v) is 7.33. The van der Waals surface area contributed by atoms with E-state index in [1.54, 1.807) is 4.90 Å². The smallest absolute Gasteiger partial charge is 0.272 e. The molecule has 1 N–H and O–H groups in total. The fraction of sp³-hybridized carbons (Fsp3) is 0.429. The summed E-state index contributed by atoms with van der Waals surface area (Å²) in [7, 11) is 0. The Balaban J connectivity index is 2.59. The minimum Gasteiger partial charge on any atom is -0.395 e. The van der Waals surface area contributed by atoms with Crippen molar-refractivity contribution in [3.63, 3.8) is 0 Å². The van der Waals surface area contributed by atoms with Gasteiger partial charge in [-0.1, -0.05) is 0 Å². The first-order chi connectivity index (χ1) is 9.49. The molecule has 1 amide bonds. The summed E-state index contributed by atoms with van der Waals surface area (Å²) < 4.78 is 2.72. The summed E-state index contributed by atoms with van der Waals surface area (Å²) in [5.41, 5.74) is 3.05. The third kappa shape index (κ3) is 2.58. The fourth-order valence-corrected chi connectivity index (χ4v) is 2.86. The Labute approximate surface area is 126 Å². The average Bonchev–Trinajstić information content (AvgIpc) is 2.72. The van der Waals surface area contributed by atoms with Gasteiger partial charge in [0.05, 0.1) is 12.3 Å². The number of aliphatic hydroxyl groups is 1. The molecule has 2 aromatic heterocycles. The van der Waals surface area contributed by atoms with Crippen LogP contribution in [-0.4, -0.2) is 45.0 Å². The number of aromatic nitrogens is 2. The van der Waals surface area contributed by atoms with Gasteiger partial charge in [-0.15, -0.1) is 0 Å². The van der Waals surface area contributed by atoms with Gasteiger partial charge in [-0.05, 0) is 48.3 Å². The van der Waals surface area contributed by atoms with Gasteiger partial charge in [0, 0.05) is 23.8 Å². The number of carbonyl (C=O) groups excluding carboxylic acids is 1. The lowest BCUT2D eigenvalue weighted by Crippen LogP contribution is -2.34. The first kappa shape index (κ1) is 15.0. The Morgan fingerprint density at radius 2 is 2.20 bits per heavy atom. The number of rotatable bonds is 4. The summed E-state index contributed by atoms with van der Waals surface area (Å²) in [5.74, 6) is -0.107. The molecule has 0 saturated heterocycles. The molecule has 6 heteroatoms. The summed E-state index contributed by atoms with van der Waals surface area (Å²) in [4.78, 5) is 18.7. The zero-order valence-electron chi connectivity index (χ0n) is 11.9. The molecule has 0 spiro atoms. The maximum Gasteiger partial charge on any atom is 0.272 e. The number of aliphatic hydroxyl groups excluding tert-OH is 1. The number of likely N-dealkylation sites (N-methyl/N-ethyl adjacent to an activating group) is 1. The molecule has 0 aliphatic heterocycles. The molecular formula is C14H18BrN3O2. The quantitative estimate of drug-likeness (QED) is 0.928. The summed E-state index contributed by atoms with van der Waals surface area (Å²) >= 11 is 3.45. The minimum atomic E-state index is -0.107. The van der Waals surface area contributed by atoms with E-state index in [9.17, 15) is 4.79 Å². The highest BCUT2D eigenvalue weighted by atomic mass is 79.9. The Hall–Kier alpha value is -1.40. The summed E-state index contributed by atoms with van der Waals surface area (Å²) in [6.07, 6.45) is 1.85. The molecule has 2 aromatic rings. The standard InChI is InChI=1S/C14H18BrN3O2/c1-4-17(5-6-19)14(20)12-10(3)16-13-9(2)7-11(15)8-18(12)13/h7-8,19H,4-6H2,1-3H3. The van der Waals surface area contributed by atoms with Crippen LogP contribution in [0.4, 0.5) is 0 Å². The number of halogens is 1. The SMILES string of the molecule is CCN(CCO)C(=O)c1c(C)nc2c(C)cc(Br)cn12. The molecule has 5 nitrogen and oxygen atoms in total. The first-order valence-electron chi connectivity index (χ1n) is 6.54. The van der Waals surface area contributed by atoms with Crippen LogP contribution in [0.25, 0.3) is 5.65 Å². The maximum absolute atomic E-state index is 12.6. The maximum atomic E-state index is 12.6. The molecule has 0 fully saturated rings. The van der Waals surface area contributed by atoms with Crippen molar-refractivity contribution in [2.75, 3.05) is 19.7 Å². The number of aryl methyl sites for hydroxylation is 2. The monoisotopic (exact) mass is 339 g/mol. The Bertz CT molecular complexity index is 651. The van der Waals surface area contributed by atoms with E-state index in [0.29, 0.717) is 24.5 Å². The van der Waals surface area contributed by atoms with Crippen LogP contribution in [0.1, 0.15) is 28.7 Å². The van der Waals surface area contributed by atoms with Crippen molar-refractivity contribution in [3.8, 4) is 0 Å². The van der Waals surface area contributed by atoms with Gasteiger partial charge in [0.25, 0.3) is 5.91 Å². The summed E-state index contributed by atoms with van der Waals surface area (Å²) in [5, 5.41) is 9.06. The Kier molecular flexibility index (Phi) is 4.45. The van der Waals surface area contributed by atoms with Crippen molar-refractivity contribution in [2.24, 2.45) is 0 Å². The van der Waals surface area contributed by atoms with Crippen molar-refractivity contribution in [1.82, 2.24) is 14.3 Å². The van der Waals surface area contributed by atoms with E-state index < -0.39 is 0 Å². The van der Waals surface area contributed by atoms with Crippen LogP contribution in [0.2, 0.25) is 0 Å². The van der Waals surface area contributed by atoms with E-state index in [4.69, 9.17) is 5.11 Å². The lowest BCUT2D eigenvalue weighted by Gasteiger charge is -2.19. The van der Waals surface area contributed by atoms with Crippen LogP contribution < -0.4 is 0 Å². The molecule has 0 aliphatic carbocycles. The topological polar surface area (TPSA) is 57.8 Å².